The van der Waals surface area contributed by atoms with E-state index in [0.29, 0.717) is 17.9 Å². The largest absolute Gasteiger partial charge is 0.494 e. The van der Waals surface area contributed by atoms with E-state index >= 15 is 0 Å². The number of halogens is 2. The second-order valence-corrected chi connectivity index (χ2v) is 6.78. The van der Waals surface area contributed by atoms with Crippen LogP contribution in [-0.4, -0.2) is 12.5 Å². The average Bonchev–Trinajstić information content (AvgIpc) is 2.71. The summed E-state index contributed by atoms with van der Waals surface area (Å²) in [7, 11) is 0. The van der Waals surface area contributed by atoms with Gasteiger partial charge in [0.05, 0.1) is 17.2 Å². The summed E-state index contributed by atoms with van der Waals surface area (Å²) in [5.41, 5.74) is 2.67. The molecule has 28 heavy (non-hydrogen) atoms. The Hall–Kier alpha value is -3.05. The SMILES string of the molecule is CCOc1ccc([C@H]2Nc3ccccc3C(=O)N2c2ccc(F)c(Cl)c2)cc1. The van der Waals surface area contributed by atoms with Gasteiger partial charge in [-0.25, -0.2) is 4.39 Å². The van der Waals surface area contributed by atoms with Crippen molar-refractivity contribution in [2.75, 3.05) is 16.8 Å². The molecule has 0 unspecified atom stereocenters. The van der Waals surface area contributed by atoms with Gasteiger partial charge in [0.1, 0.15) is 17.7 Å². The molecule has 1 aliphatic heterocycles. The van der Waals surface area contributed by atoms with Crippen LogP contribution < -0.4 is 15.0 Å². The van der Waals surface area contributed by atoms with Gasteiger partial charge in [-0.15, -0.1) is 0 Å². The highest BCUT2D eigenvalue weighted by Crippen LogP contribution is 2.38. The molecule has 0 saturated carbocycles. The molecule has 0 aromatic heterocycles. The fourth-order valence-electron chi connectivity index (χ4n) is 3.30. The van der Waals surface area contributed by atoms with Crippen LogP contribution in [0.25, 0.3) is 0 Å². The van der Waals surface area contributed by atoms with Crippen molar-refractivity contribution < 1.29 is 13.9 Å². The molecule has 0 saturated heterocycles. The van der Waals surface area contributed by atoms with Crippen molar-refractivity contribution >= 4 is 28.9 Å². The van der Waals surface area contributed by atoms with Crippen molar-refractivity contribution in [1.29, 1.82) is 0 Å². The lowest BCUT2D eigenvalue weighted by Gasteiger charge is -2.38. The summed E-state index contributed by atoms with van der Waals surface area (Å²) in [4.78, 5) is 14.9. The van der Waals surface area contributed by atoms with E-state index < -0.39 is 12.0 Å². The first-order valence-electron chi connectivity index (χ1n) is 8.95. The molecule has 0 bridgehead atoms. The number of benzene rings is 3. The molecule has 0 aliphatic carbocycles. The molecular formula is C22H18ClFN2O2. The number of rotatable bonds is 4. The van der Waals surface area contributed by atoms with Crippen molar-refractivity contribution in [3.8, 4) is 5.75 Å². The van der Waals surface area contributed by atoms with Crippen LogP contribution in [0.1, 0.15) is 29.0 Å². The quantitative estimate of drug-likeness (QED) is 0.619. The molecule has 142 valence electrons. The first-order chi connectivity index (χ1) is 13.6. The zero-order chi connectivity index (χ0) is 19.7. The van der Waals surface area contributed by atoms with Gasteiger partial charge in [0.2, 0.25) is 0 Å². The highest BCUT2D eigenvalue weighted by atomic mass is 35.5. The van der Waals surface area contributed by atoms with E-state index in [1.807, 2.05) is 49.4 Å². The van der Waals surface area contributed by atoms with Gasteiger partial charge in [-0.3, -0.25) is 9.69 Å². The fraction of sp³-hybridized carbons (Fsp3) is 0.136. The normalized spacial score (nSPS) is 15.8. The van der Waals surface area contributed by atoms with E-state index in [9.17, 15) is 9.18 Å². The van der Waals surface area contributed by atoms with E-state index in [2.05, 4.69) is 5.32 Å². The number of nitrogens with one attached hydrogen (secondary N) is 1. The Labute approximate surface area is 167 Å². The Bertz CT molecular complexity index is 1020. The molecule has 0 radical (unpaired) electrons. The zero-order valence-corrected chi connectivity index (χ0v) is 15.9. The summed E-state index contributed by atoms with van der Waals surface area (Å²) in [5, 5.41) is 3.37. The summed E-state index contributed by atoms with van der Waals surface area (Å²) in [5.74, 6) is 0.0434. The lowest BCUT2D eigenvalue weighted by atomic mass is 10.0. The van der Waals surface area contributed by atoms with Gasteiger partial charge in [0.15, 0.2) is 0 Å². The minimum atomic E-state index is -0.527. The number of hydrogen-bond donors (Lipinski definition) is 1. The van der Waals surface area contributed by atoms with Crippen molar-refractivity contribution in [1.82, 2.24) is 0 Å². The van der Waals surface area contributed by atoms with Crippen LogP contribution in [-0.2, 0) is 0 Å². The first-order valence-corrected chi connectivity index (χ1v) is 9.33. The summed E-state index contributed by atoms with van der Waals surface area (Å²) in [6.07, 6.45) is -0.473. The standard InChI is InChI=1S/C22H18ClFN2O2/c1-2-28-16-10-7-14(8-11-16)21-25-20-6-4-3-5-17(20)22(27)26(21)15-9-12-19(24)18(23)13-15/h3-13,21,25H,2H2,1H3/t21-/m0/s1. The number of nitrogens with zero attached hydrogens (tertiary/aromatic N) is 1. The molecule has 0 spiro atoms. The third-order valence-electron chi connectivity index (χ3n) is 4.61. The van der Waals surface area contributed by atoms with Crippen LogP contribution in [0.15, 0.2) is 66.7 Å². The van der Waals surface area contributed by atoms with Gasteiger partial charge >= 0.3 is 0 Å². The van der Waals surface area contributed by atoms with Crippen LogP contribution in [0.5, 0.6) is 5.75 Å². The number of fused-ring (bicyclic) bond motifs is 1. The van der Waals surface area contributed by atoms with Crippen LogP contribution in [0.2, 0.25) is 5.02 Å². The maximum Gasteiger partial charge on any atom is 0.262 e. The van der Waals surface area contributed by atoms with E-state index in [1.54, 1.807) is 17.0 Å². The Balaban J connectivity index is 1.81. The number of para-hydroxylation sites is 1. The summed E-state index contributed by atoms with van der Waals surface area (Å²) in [6.45, 7) is 2.50. The Morgan fingerprint density at radius 1 is 1.11 bits per heavy atom. The molecule has 4 rings (SSSR count). The van der Waals surface area contributed by atoms with Crippen LogP contribution in [0, 0.1) is 5.82 Å². The lowest BCUT2D eigenvalue weighted by molar-refractivity contribution is 0.0975. The molecule has 1 amide bonds. The summed E-state index contributed by atoms with van der Waals surface area (Å²) in [6, 6.07) is 19.1. The monoisotopic (exact) mass is 396 g/mol. The fourth-order valence-corrected chi connectivity index (χ4v) is 3.48. The Kier molecular flexibility index (Phi) is 4.92. The maximum absolute atomic E-state index is 13.7. The average molecular weight is 397 g/mol. The van der Waals surface area contributed by atoms with Crippen LogP contribution in [0.3, 0.4) is 0 Å². The summed E-state index contributed by atoms with van der Waals surface area (Å²) < 4.78 is 19.2. The Morgan fingerprint density at radius 2 is 1.86 bits per heavy atom. The number of amides is 1. The molecule has 3 aromatic carbocycles. The molecule has 4 nitrogen and oxygen atoms in total. The number of anilines is 2. The third-order valence-corrected chi connectivity index (χ3v) is 4.90. The van der Waals surface area contributed by atoms with Gasteiger partial charge in [0, 0.05) is 11.4 Å². The zero-order valence-electron chi connectivity index (χ0n) is 15.2. The van der Waals surface area contributed by atoms with E-state index in [0.717, 1.165) is 17.0 Å². The number of carbonyl (C=O) groups is 1. The summed E-state index contributed by atoms with van der Waals surface area (Å²) >= 11 is 5.98. The third kappa shape index (κ3) is 3.29. The van der Waals surface area contributed by atoms with Gasteiger partial charge in [0.25, 0.3) is 5.91 Å². The molecule has 1 heterocycles. The van der Waals surface area contributed by atoms with Gasteiger partial charge in [-0.05, 0) is 55.0 Å². The molecule has 0 fully saturated rings. The van der Waals surface area contributed by atoms with Gasteiger partial charge < -0.3 is 10.1 Å². The number of ether oxygens (including phenoxy) is 1. The van der Waals surface area contributed by atoms with E-state index in [4.69, 9.17) is 16.3 Å². The molecule has 1 atom stereocenters. The second-order valence-electron chi connectivity index (χ2n) is 6.37. The molecule has 1 N–H and O–H groups in total. The minimum Gasteiger partial charge on any atom is -0.494 e. The topological polar surface area (TPSA) is 41.6 Å². The number of carbonyl (C=O) groups excluding carboxylic acids is 1. The van der Waals surface area contributed by atoms with E-state index in [-0.39, 0.29) is 10.9 Å². The second kappa shape index (κ2) is 7.52. The Morgan fingerprint density at radius 3 is 2.57 bits per heavy atom. The first kappa shape index (κ1) is 18.3. The van der Waals surface area contributed by atoms with Crippen molar-refractivity contribution in [3.63, 3.8) is 0 Å². The van der Waals surface area contributed by atoms with Crippen molar-refractivity contribution in [2.45, 2.75) is 13.1 Å². The maximum atomic E-state index is 13.7. The van der Waals surface area contributed by atoms with Gasteiger partial charge in [-0.2, -0.15) is 0 Å². The molecule has 6 heteroatoms. The highest BCUT2D eigenvalue weighted by molar-refractivity contribution is 6.31. The predicted molar refractivity (Wildman–Crippen MR) is 109 cm³/mol. The van der Waals surface area contributed by atoms with Crippen LogP contribution >= 0.6 is 11.6 Å². The number of hydrogen-bond acceptors (Lipinski definition) is 3. The molecular weight excluding hydrogens is 379 g/mol. The minimum absolute atomic E-state index is 0.0328. The van der Waals surface area contributed by atoms with Crippen molar-refractivity contribution in [3.05, 3.63) is 88.7 Å². The van der Waals surface area contributed by atoms with Crippen molar-refractivity contribution in [2.24, 2.45) is 0 Å². The smallest absolute Gasteiger partial charge is 0.262 e. The van der Waals surface area contributed by atoms with Gasteiger partial charge in [-0.1, -0.05) is 35.9 Å². The predicted octanol–water partition coefficient (Wildman–Crippen LogP) is 5.65. The molecule has 1 aliphatic rings. The van der Waals surface area contributed by atoms with Crippen LogP contribution in [0.4, 0.5) is 15.8 Å². The highest BCUT2D eigenvalue weighted by Gasteiger charge is 2.34. The van der Waals surface area contributed by atoms with E-state index in [1.165, 1.54) is 12.1 Å². The lowest BCUT2D eigenvalue weighted by Crippen LogP contribution is -2.43. The molecule has 3 aromatic rings.